The Hall–Kier alpha value is -0.990. The summed E-state index contributed by atoms with van der Waals surface area (Å²) in [6.45, 7) is 8.16. The van der Waals surface area contributed by atoms with E-state index in [1.807, 2.05) is 24.3 Å². The molecule has 0 aliphatic carbocycles. The third-order valence-electron chi connectivity index (χ3n) is 2.41. The van der Waals surface area contributed by atoms with Crippen molar-refractivity contribution in [3.05, 3.63) is 41.4 Å². The van der Waals surface area contributed by atoms with Crippen molar-refractivity contribution in [1.82, 2.24) is 5.32 Å². The molecule has 0 saturated carbocycles. The van der Waals surface area contributed by atoms with Crippen molar-refractivity contribution >= 4 is 11.6 Å². The van der Waals surface area contributed by atoms with Crippen molar-refractivity contribution in [3.63, 3.8) is 0 Å². The van der Waals surface area contributed by atoms with Gasteiger partial charge >= 0.3 is 0 Å². The van der Waals surface area contributed by atoms with Crippen LogP contribution in [0.4, 0.5) is 0 Å². The van der Waals surface area contributed by atoms with E-state index in [2.05, 4.69) is 18.8 Å². The number of benzene rings is 1. The van der Waals surface area contributed by atoms with Crippen molar-refractivity contribution in [2.24, 2.45) is 0 Å². The van der Waals surface area contributed by atoms with E-state index in [1.165, 1.54) is 0 Å². The van der Waals surface area contributed by atoms with Gasteiger partial charge in [-0.25, -0.2) is 0 Å². The smallest absolute Gasteiger partial charge is 0.142 e. The second-order valence-electron chi connectivity index (χ2n) is 3.79. The molecule has 1 rings (SSSR count). The van der Waals surface area contributed by atoms with Crippen LogP contribution in [0.3, 0.4) is 0 Å². The fraction of sp³-hybridized carbons (Fsp3) is 0.429. The molecule has 17 heavy (non-hydrogen) atoms. The molecule has 1 aromatic carbocycles. The summed E-state index contributed by atoms with van der Waals surface area (Å²) >= 11 is 6.15. The minimum Gasteiger partial charge on any atom is -0.492 e. The molecule has 0 aromatic heterocycles. The Kier molecular flexibility index (Phi) is 6.75. The zero-order chi connectivity index (χ0) is 12.5. The predicted octanol–water partition coefficient (Wildman–Crippen LogP) is 3.79. The van der Waals surface area contributed by atoms with E-state index in [0.29, 0.717) is 11.6 Å². The number of ether oxygens (including phenoxy) is 1. The number of allylic oxidation sites excluding steroid dienone is 1. The molecular weight excluding hydrogens is 234 g/mol. The first-order valence-corrected chi connectivity index (χ1v) is 6.39. The monoisotopic (exact) mass is 253 g/mol. The summed E-state index contributed by atoms with van der Waals surface area (Å²) in [6, 6.07) is 5.85. The standard InChI is InChI=1S/C14H20ClNO/c1-3-5-6-10-17-14-12(11-16-4-2)8-7-9-13(14)15/h3,7-9,16H,1,4-6,10-11H2,2H3. The Morgan fingerprint density at radius 2 is 2.29 bits per heavy atom. The van der Waals surface area contributed by atoms with Crippen LogP contribution in [0.1, 0.15) is 25.3 Å². The van der Waals surface area contributed by atoms with E-state index in [1.54, 1.807) is 0 Å². The maximum Gasteiger partial charge on any atom is 0.142 e. The molecule has 0 spiro atoms. The predicted molar refractivity (Wildman–Crippen MR) is 73.8 cm³/mol. The van der Waals surface area contributed by atoms with Gasteiger partial charge in [0.05, 0.1) is 11.6 Å². The lowest BCUT2D eigenvalue weighted by Gasteiger charge is -2.13. The summed E-state index contributed by atoms with van der Waals surface area (Å²) in [7, 11) is 0. The summed E-state index contributed by atoms with van der Waals surface area (Å²) in [5, 5.41) is 3.96. The quantitative estimate of drug-likeness (QED) is 0.562. The van der Waals surface area contributed by atoms with E-state index in [9.17, 15) is 0 Å². The second kappa shape index (κ2) is 8.15. The number of para-hydroxylation sites is 1. The molecule has 2 nitrogen and oxygen atoms in total. The van der Waals surface area contributed by atoms with Crippen LogP contribution in [0.15, 0.2) is 30.9 Å². The lowest BCUT2D eigenvalue weighted by atomic mass is 10.2. The normalized spacial score (nSPS) is 10.2. The SMILES string of the molecule is C=CCCCOc1c(Cl)cccc1CNCC. The highest BCUT2D eigenvalue weighted by Crippen LogP contribution is 2.28. The highest BCUT2D eigenvalue weighted by molar-refractivity contribution is 6.32. The average molecular weight is 254 g/mol. The topological polar surface area (TPSA) is 21.3 Å². The molecule has 0 unspecified atom stereocenters. The maximum atomic E-state index is 6.15. The molecule has 1 N–H and O–H groups in total. The third-order valence-corrected chi connectivity index (χ3v) is 2.71. The summed E-state index contributed by atoms with van der Waals surface area (Å²) in [4.78, 5) is 0. The second-order valence-corrected chi connectivity index (χ2v) is 4.19. The van der Waals surface area contributed by atoms with Gasteiger partial charge in [0.25, 0.3) is 0 Å². The fourth-order valence-electron chi connectivity index (χ4n) is 1.52. The van der Waals surface area contributed by atoms with E-state index >= 15 is 0 Å². The molecule has 94 valence electrons. The van der Waals surface area contributed by atoms with Crippen LogP contribution in [-0.4, -0.2) is 13.2 Å². The minimum absolute atomic E-state index is 0.675. The Labute approximate surface area is 109 Å². The maximum absolute atomic E-state index is 6.15. The number of unbranched alkanes of at least 4 members (excludes halogenated alkanes) is 1. The van der Waals surface area contributed by atoms with E-state index in [4.69, 9.17) is 16.3 Å². The van der Waals surface area contributed by atoms with Crippen LogP contribution in [0.5, 0.6) is 5.75 Å². The molecule has 0 fully saturated rings. The Morgan fingerprint density at radius 1 is 1.47 bits per heavy atom. The van der Waals surface area contributed by atoms with Gasteiger partial charge < -0.3 is 10.1 Å². The van der Waals surface area contributed by atoms with E-state index < -0.39 is 0 Å². The van der Waals surface area contributed by atoms with Crippen molar-refractivity contribution in [1.29, 1.82) is 0 Å². The Bertz CT molecular complexity index is 352. The largest absolute Gasteiger partial charge is 0.492 e. The van der Waals surface area contributed by atoms with Crippen LogP contribution < -0.4 is 10.1 Å². The Morgan fingerprint density at radius 3 is 3.00 bits per heavy atom. The fourth-order valence-corrected chi connectivity index (χ4v) is 1.76. The van der Waals surface area contributed by atoms with E-state index in [0.717, 1.165) is 37.2 Å². The molecular formula is C14H20ClNO. The summed E-state index contributed by atoms with van der Waals surface area (Å²) in [5.74, 6) is 0.805. The van der Waals surface area contributed by atoms with Gasteiger partial charge in [-0.05, 0) is 25.5 Å². The number of nitrogens with one attached hydrogen (secondary N) is 1. The first-order valence-electron chi connectivity index (χ1n) is 6.01. The average Bonchev–Trinajstić information content (AvgIpc) is 2.34. The van der Waals surface area contributed by atoms with E-state index in [-0.39, 0.29) is 0 Å². The van der Waals surface area contributed by atoms with Gasteiger partial charge in [0.15, 0.2) is 0 Å². The zero-order valence-electron chi connectivity index (χ0n) is 10.3. The molecule has 0 amide bonds. The van der Waals surface area contributed by atoms with Crippen molar-refractivity contribution in [2.45, 2.75) is 26.3 Å². The highest BCUT2D eigenvalue weighted by Gasteiger charge is 2.07. The molecule has 0 aliphatic rings. The minimum atomic E-state index is 0.675. The zero-order valence-corrected chi connectivity index (χ0v) is 11.1. The van der Waals surface area contributed by atoms with Gasteiger partial charge in [-0.2, -0.15) is 0 Å². The molecule has 0 heterocycles. The highest BCUT2D eigenvalue weighted by atomic mass is 35.5. The van der Waals surface area contributed by atoms with Crippen molar-refractivity contribution in [2.75, 3.05) is 13.2 Å². The van der Waals surface area contributed by atoms with Gasteiger partial charge in [-0.3, -0.25) is 0 Å². The molecule has 0 bridgehead atoms. The first kappa shape index (κ1) is 14.1. The number of halogens is 1. The van der Waals surface area contributed by atoms with Crippen molar-refractivity contribution in [3.8, 4) is 5.75 Å². The summed E-state index contributed by atoms with van der Waals surface area (Å²) in [5.41, 5.74) is 1.11. The molecule has 0 aliphatic heterocycles. The molecule has 3 heteroatoms. The number of hydrogen-bond donors (Lipinski definition) is 1. The van der Waals surface area contributed by atoms with Crippen LogP contribution in [0, 0.1) is 0 Å². The van der Waals surface area contributed by atoms with Gasteiger partial charge in [-0.1, -0.05) is 36.7 Å². The molecule has 1 aromatic rings. The lowest BCUT2D eigenvalue weighted by molar-refractivity contribution is 0.308. The van der Waals surface area contributed by atoms with Gasteiger partial charge in [0.1, 0.15) is 5.75 Å². The van der Waals surface area contributed by atoms with Gasteiger partial charge in [-0.15, -0.1) is 6.58 Å². The number of rotatable bonds is 8. The van der Waals surface area contributed by atoms with Gasteiger partial charge in [0, 0.05) is 12.1 Å². The molecule has 0 atom stereocenters. The third kappa shape index (κ3) is 4.80. The Balaban J connectivity index is 2.62. The van der Waals surface area contributed by atoms with Crippen LogP contribution >= 0.6 is 11.6 Å². The van der Waals surface area contributed by atoms with Crippen LogP contribution in [0.2, 0.25) is 5.02 Å². The van der Waals surface area contributed by atoms with Crippen LogP contribution in [0.25, 0.3) is 0 Å². The first-order chi connectivity index (χ1) is 8.29. The van der Waals surface area contributed by atoms with Crippen LogP contribution in [-0.2, 0) is 6.54 Å². The van der Waals surface area contributed by atoms with Gasteiger partial charge in [0.2, 0.25) is 0 Å². The summed E-state index contributed by atoms with van der Waals surface area (Å²) in [6.07, 6.45) is 3.83. The number of hydrogen-bond acceptors (Lipinski definition) is 2. The lowest BCUT2D eigenvalue weighted by Crippen LogP contribution is -2.13. The van der Waals surface area contributed by atoms with Crippen molar-refractivity contribution < 1.29 is 4.74 Å². The molecule has 0 radical (unpaired) electrons. The summed E-state index contributed by atoms with van der Waals surface area (Å²) < 4.78 is 5.75. The molecule has 0 saturated heterocycles.